The second-order valence-corrected chi connectivity index (χ2v) is 4.36. The third-order valence-corrected chi connectivity index (χ3v) is 3.31. The molecule has 0 amide bonds. The van der Waals surface area contributed by atoms with Crippen LogP contribution in [0.4, 0.5) is 13.2 Å². The summed E-state index contributed by atoms with van der Waals surface area (Å²) in [5, 5.41) is 12.1. The van der Waals surface area contributed by atoms with E-state index in [4.69, 9.17) is 0 Å². The predicted octanol–water partition coefficient (Wildman–Crippen LogP) is 2.02. The summed E-state index contributed by atoms with van der Waals surface area (Å²) in [5.74, 6) is -1.22. The number of halogens is 3. The Kier molecular flexibility index (Phi) is 3.06. The maximum Gasteiger partial charge on any atom is 0.416 e. The van der Waals surface area contributed by atoms with Gasteiger partial charge in [0.05, 0.1) is 5.56 Å². The number of rotatable bonds is 2. The summed E-state index contributed by atoms with van der Waals surface area (Å²) in [4.78, 5) is 11.4. The number of carboxylic acids is 1. The molecule has 0 radical (unpaired) electrons. The molecule has 0 aromatic heterocycles. The lowest BCUT2D eigenvalue weighted by molar-refractivity contribution is -0.145. The molecule has 1 heterocycles. The molecule has 1 aliphatic heterocycles. The second-order valence-electron chi connectivity index (χ2n) is 4.36. The van der Waals surface area contributed by atoms with Gasteiger partial charge < -0.3 is 10.4 Å². The van der Waals surface area contributed by atoms with Gasteiger partial charge in [0.1, 0.15) is 5.41 Å². The first-order chi connectivity index (χ1) is 8.38. The van der Waals surface area contributed by atoms with E-state index in [9.17, 15) is 23.1 Å². The van der Waals surface area contributed by atoms with Gasteiger partial charge in [0, 0.05) is 6.54 Å². The first-order valence-electron chi connectivity index (χ1n) is 5.49. The molecule has 2 rings (SSSR count). The molecule has 1 atom stereocenters. The summed E-state index contributed by atoms with van der Waals surface area (Å²) >= 11 is 0. The number of aliphatic carboxylic acids is 1. The van der Waals surface area contributed by atoms with Crippen LogP contribution in [0.15, 0.2) is 24.3 Å². The van der Waals surface area contributed by atoms with Gasteiger partial charge in [0.2, 0.25) is 0 Å². The first-order valence-corrected chi connectivity index (χ1v) is 5.49. The summed E-state index contributed by atoms with van der Waals surface area (Å²) in [6, 6.07) is 4.89. The minimum atomic E-state index is -4.54. The third-order valence-electron chi connectivity index (χ3n) is 3.31. The van der Waals surface area contributed by atoms with E-state index in [2.05, 4.69) is 5.32 Å². The van der Waals surface area contributed by atoms with Gasteiger partial charge in [-0.05, 0) is 24.6 Å². The zero-order valence-electron chi connectivity index (χ0n) is 9.42. The molecule has 2 N–H and O–H groups in total. The molecule has 0 spiro atoms. The molecule has 1 fully saturated rings. The average Bonchev–Trinajstić information content (AvgIpc) is 2.78. The van der Waals surface area contributed by atoms with Crippen LogP contribution in [-0.4, -0.2) is 24.2 Å². The molecule has 1 aromatic carbocycles. The van der Waals surface area contributed by atoms with Crippen LogP contribution in [0.2, 0.25) is 0 Å². The monoisotopic (exact) mass is 259 g/mol. The molecule has 0 aliphatic carbocycles. The van der Waals surface area contributed by atoms with E-state index in [0.717, 1.165) is 6.07 Å². The molecule has 1 unspecified atom stereocenters. The Morgan fingerprint density at radius 2 is 2.00 bits per heavy atom. The minimum Gasteiger partial charge on any atom is -0.481 e. The number of alkyl halides is 3. The maximum absolute atomic E-state index is 12.9. The highest BCUT2D eigenvalue weighted by atomic mass is 19.4. The largest absolute Gasteiger partial charge is 0.481 e. The summed E-state index contributed by atoms with van der Waals surface area (Å²) in [5.41, 5.74) is -2.50. The van der Waals surface area contributed by atoms with Gasteiger partial charge in [-0.1, -0.05) is 18.2 Å². The Bertz CT molecular complexity index is 465. The molecule has 98 valence electrons. The molecule has 18 heavy (non-hydrogen) atoms. The molecule has 1 aliphatic rings. The Balaban J connectivity index is 2.59. The second kappa shape index (κ2) is 4.28. The highest BCUT2D eigenvalue weighted by molar-refractivity contribution is 5.83. The van der Waals surface area contributed by atoms with Crippen molar-refractivity contribution >= 4 is 5.97 Å². The smallest absolute Gasteiger partial charge is 0.416 e. The molecular formula is C12H12F3NO2. The number of carbonyl (C=O) groups is 1. The van der Waals surface area contributed by atoms with Gasteiger partial charge in [-0.25, -0.2) is 0 Å². The lowest BCUT2D eigenvalue weighted by atomic mass is 9.77. The molecule has 1 saturated heterocycles. The zero-order chi connectivity index (χ0) is 13.4. The van der Waals surface area contributed by atoms with E-state index in [1.807, 2.05) is 0 Å². The van der Waals surface area contributed by atoms with Crippen LogP contribution in [0, 0.1) is 0 Å². The molecule has 3 nitrogen and oxygen atoms in total. The number of benzene rings is 1. The lowest BCUT2D eigenvalue weighted by Gasteiger charge is -2.27. The highest BCUT2D eigenvalue weighted by Crippen LogP contribution is 2.40. The van der Waals surface area contributed by atoms with Crippen molar-refractivity contribution < 1.29 is 23.1 Å². The molecule has 1 aromatic rings. The highest BCUT2D eigenvalue weighted by Gasteiger charge is 2.48. The van der Waals surface area contributed by atoms with Gasteiger partial charge in [0.15, 0.2) is 0 Å². The Hall–Kier alpha value is -1.56. The Labute approximate surface area is 102 Å². The lowest BCUT2D eigenvalue weighted by Crippen LogP contribution is -2.39. The van der Waals surface area contributed by atoms with Gasteiger partial charge in [-0.2, -0.15) is 13.2 Å². The van der Waals surface area contributed by atoms with Crippen molar-refractivity contribution in [2.75, 3.05) is 13.1 Å². The maximum atomic E-state index is 12.9. The third kappa shape index (κ3) is 1.96. The van der Waals surface area contributed by atoms with Crippen molar-refractivity contribution in [1.82, 2.24) is 5.32 Å². The minimum absolute atomic E-state index is 0.0232. The Morgan fingerprint density at radius 1 is 1.33 bits per heavy atom. The standard InChI is InChI=1S/C12H12F3NO2/c13-12(14,15)9-4-2-1-3-8(9)11(10(17)18)5-6-16-7-11/h1-4,16H,5-7H2,(H,17,18). The number of nitrogens with one attached hydrogen (secondary N) is 1. The van der Waals surface area contributed by atoms with Crippen molar-refractivity contribution in [3.63, 3.8) is 0 Å². The van der Waals surface area contributed by atoms with E-state index in [-0.39, 0.29) is 18.5 Å². The van der Waals surface area contributed by atoms with Crippen LogP contribution in [0.3, 0.4) is 0 Å². The SMILES string of the molecule is O=C(O)C1(c2ccccc2C(F)(F)F)CCNC1. The fourth-order valence-corrected chi connectivity index (χ4v) is 2.37. The summed E-state index contributed by atoms with van der Waals surface area (Å²) in [6.07, 6.45) is -4.38. The summed E-state index contributed by atoms with van der Waals surface area (Å²) < 4.78 is 38.8. The van der Waals surface area contributed by atoms with Gasteiger partial charge in [0.25, 0.3) is 0 Å². The van der Waals surface area contributed by atoms with Crippen LogP contribution in [0.1, 0.15) is 17.5 Å². The van der Waals surface area contributed by atoms with Crippen molar-refractivity contribution in [2.24, 2.45) is 0 Å². The Morgan fingerprint density at radius 3 is 2.50 bits per heavy atom. The summed E-state index contributed by atoms with van der Waals surface area (Å²) in [6.45, 7) is 0.425. The predicted molar refractivity (Wildman–Crippen MR) is 58.2 cm³/mol. The number of carboxylic acid groups (broad SMARTS) is 1. The van der Waals surface area contributed by atoms with E-state index in [1.165, 1.54) is 18.2 Å². The van der Waals surface area contributed by atoms with Crippen LogP contribution >= 0.6 is 0 Å². The first kappa shape index (κ1) is 12.9. The van der Waals surface area contributed by atoms with E-state index >= 15 is 0 Å². The fourth-order valence-electron chi connectivity index (χ4n) is 2.37. The van der Waals surface area contributed by atoms with Gasteiger partial charge in [-0.15, -0.1) is 0 Å². The topological polar surface area (TPSA) is 49.3 Å². The number of hydrogen-bond acceptors (Lipinski definition) is 2. The normalized spacial score (nSPS) is 24.2. The van der Waals surface area contributed by atoms with Crippen molar-refractivity contribution in [1.29, 1.82) is 0 Å². The van der Waals surface area contributed by atoms with Crippen LogP contribution in [0.25, 0.3) is 0 Å². The van der Waals surface area contributed by atoms with Crippen LogP contribution < -0.4 is 5.32 Å². The van der Waals surface area contributed by atoms with Crippen molar-refractivity contribution in [3.8, 4) is 0 Å². The number of hydrogen-bond donors (Lipinski definition) is 2. The average molecular weight is 259 g/mol. The van der Waals surface area contributed by atoms with Crippen LogP contribution in [-0.2, 0) is 16.4 Å². The van der Waals surface area contributed by atoms with Gasteiger partial charge >= 0.3 is 12.1 Å². The van der Waals surface area contributed by atoms with E-state index in [0.29, 0.717) is 6.54 Å². The van der Waals surface area contributed by atoms with E-state index in [1.54, 1.807) is 0 Å². The van der Waals surface area contributed by atoms with Gasteiger partial charge in [-0.3, -0.25) is 4.79 Å². The molecular weight excluding hydrogens is 247 g/mol. The zero-order valence-corrected chi connectivity index (χ0v) is 9.42. The van der Waals surface area contributed by atoms with Crippen molar-refractivity contribution in [2.45, 2.75) is 18.0 Å². The quantitative estimate of drug-likeness (QED) is 0.854. The van der Waals surface area contributed by atoms with Crippen molar-refractivity contribution in [3.05, 3.63) is 35.4 Å². The van der Waals surface area contributed by atoms with Crippen LogP contribution in [0.5, 0.6) is 0 Å². The molecule has 0 bridgehead atoms. The summed E-state index contributed by atoms with van der Waals surface area (Å²) in [7, 11) is 0. The fraction of sp³-hybridized carbons (Fsp3) is 0.417. The molecule has 6 heteroatoms. The molecule has 0 saturated carbocycles. The van der Waals surface area contributed by atoms with E-state index < -0.39 is 23.1 Å².